The summed E-state index contributed by atoms with van der Waals surface area (Å²) in [6.45, 7) is 16.0. The Balaban J connectivity index is 4.82. The van der Waals surface area contributed by atoms with Crippen molar-refractivity contribution in [3.05, 3.63) is 0 Å². The molecule has 4 heteroatoms. The number of nitrogens with one attached hydrogen (secondary N) is 1. The molecule has 0 saturated heterocycles. The Bertz CT molecular complexity index is 304. The Morgan fingerprint density at radius 1 is 1.19 bits per heavy atom. The summed E-state index contributed by atoms with van der Waals surface area (Å²) in [5.74, 6) is -0.264. The van der Waals surface area contributed by atoms with E-state index >= 15 is 0 Å². The van der Waals surface area contributed by atoms with Gasteiger partial charge in [-0.25, -0.2) is 0 Å². The summed E-state index contributed by atoms with van der Waals surface area (Å²) < 4.78 is 0. The Hall–Kier alpha value is -0.610. The molecule has 0 saturated carbocycles. The van der Waals surface area contributed by atoms with Crippen molar-refractivity contribution < 1.29 is 4.79 Å². The standard InChI is InChI=1S/C17H37N3O/c1-8-9-10-11-20(14(4)5)15(6)12-17(7,16(18)21)19-13(2)3/h13-15,19H,8-12H2,1-7H3,(H2,18,21). The van der Waals surface area contributed by atoms with E-state index < -0.39 is 5.54 Å². The first-order valence-electron chi connectivity index (χ1n) is 8.47. The molecule has 0 aliphatic heterocycles. The molecule has 21 heavy (non-hydrogen) atoms. The van der Waals surface area contributed by atoms with Gasteiger partial charge in [0.05, 0.1) is 5.54 Å². The average Bonchev–Trinajstić information content (AvgIpc) is 2.32. The van der Waals surface area contributed by atoms with Gasteiger partial charge < -0.3 is 11.1 Å². The fourth-order valence-electron chi connectivity index (χ4n) is 3.11. The summed E-state index contributed by atoms with van der Waals surface area (Å²) in [6, 6.07) is 1.04. The van der Waals surface area contributed by atoms with Crippen LogP contribution in [0.1, 0.15) is 74.1 Å². The maximum Gasteiger partial charge on any atom is 0.237 e. The molecule has 0 radical (unpaired) electrons. The Morgan fingerprint density at radius 3 is 2.14 bits per heavy atom. The zero-order valence-electron chi connectivity index (χ0n) is 15.2. The van der Waals surface area contributed by atoms with Gasteiger partial charge in [-0.1, -0.05) is 19.8 Å². The molecule has 0 spiro atoms. The molecular formula is C17H37N3O. The molecule has 0 rings (SSSR count). The SMILES string of the molecule is CCCCCN(C(C)C)C(C)CC(C)(NC(C)C)C(N)=O. The minimum absolute atomic E-state index is 0.238. The lowest BCUT2D eigenvalue weighted by molar-refractivity contribution is -0.125. The highest BCUT2D eigenvalue weighted by atomic mass is 16.1. The van der Waals surface area contributed by atoms with Crippen molar-refractivity contribution >= 4 is 5.91 Å². The minimum Gasteiger partial charge on any atom is -0.368 e. The molecule has 2 unspecified atom stereocenters. The first-order valence-corrected chi connectivity index (χ1v) is 8.47. The first-order chi connectivity index (χ1) is 9.64. The van der Waals surface area contributed by atoms with E-state index in [4.69, 9.17) is 5.73 Å². The van der Waals surface area contributed by atoms with Crippen molar-refractivity contribution in [1.29, 1.82) is 0 Å². The Kier molecular flexibility index (Phi) is 9.14. The molecule has 0 aliphatic carbocycles. The molecule has 4 nitrogen and oxygen atoms in total. The summed E-state index contributed by atoms with van der Waals surface area (Å²) in [5.41, 5.74) is 5.00. The van der Waals surface area contributed by atoms with E-state index in [1.165, 1.54) is 19.3 Å². The van der Waals surface area contributed by atoms with E-state index in [9.17, 15) is 4.79 Å². The van der Waals surface area contributed by atoms with Crippen LogP contribution in [0.3, 0.4) is 0 Å². The largest absolute Gasteiger partial charge is 0.368 e. The molecule has 0 aromatic carbocycles. The average molecular weight is 300 g/mol. The maximum atomic E-state index is 11.9. The molecule has 0 aromatic heterocycles. The number of unbranched alkanes of at least 4 members (excludes halogenated alkanes) is 2. The third kappa shape index (κ3) is 7.28. The van der Waals surface area contributed by atoms with Crippen molar-refractivity contribution in [3.8, 4) is 0 Å². The van der Waals surface area contributed by atoms with E-state index in [0.29, 0.717) is 12.1 Å². The van der Waals surface area contributed by atoms with E-state index in [2.05, 4.69) is 37.9 Å². The van der Waals surface area contributed by atoms with Crippen LogP contribution in [-0.4, -0.2) is 41.0 Å². The molecule has 1 amide bonds. The van der Waals surface area contributed by atoms with Gasteiger partial charge in [-0.15, -0.1) is 0 Å². The summed E-state index contributed by atoms with van der Waals surface area (Å²) in [4.78, 5) is 14.4. The lowest BCUT2D eigenvalue weighted by Gasteiger charge is -2.39. The van der Waals surface area contributed by atoms with E-state index in [1.54, 1.807) is 0 Å². The van der Waals surface area contributed by atoms with Crippen LogP contribution in [0.2, 0.25) is 0 Å². The predicted octanol–water partition coefficient (Wildman–Crippen LogP) is 2.91. The van der Waals surface area contributed by atoms with Gasteiger partial charge in [0, 0.05) is 18.1 Å². The normalized spacial score (nSPS) is 16.5. The molecule has 3 N–H and O–H groups in total. The smallest absolute Gasteiger partial charge is 0.237 e. The van der Waals surface area contributed by atoms with Crippen LogP contribution in [0.4, 0.5) is 0 Å². The quantitative estimate of drug-likeness (QED) is 0.577. The van der Waals surface area contributed by atoms with Crippen molar-refractivity contribution in [2.24, 2.45) is 5.73 Å². The van der Waals surface area contributed by atoms with Crippen LogP contribution < -0.4 is 11.1 Å². The number of amides is 1. The zero-order valence-corrected chi connectivity index (χ0v) is 15.2. The fraction of sp³-hybridized carbons (Fsp3) is 0.941. The highest BCUT2D eigenvalue weighted by Gasteiger charge is 2.35. The third-order valence-corrected chi connectivity index (χ3v) is 4.10. The monoisotopic (exact) mass is 299 g/mol. The number of rotatable bonds is 11. The number of nitrogens with two attached hydrogens (primary N) is 1. The lowest BCUT2D eigenvalue weighted by atomic mass is 9.90. The highest BCUT2D eigenvalue weighted by Crippen LogP contribution is 2.19. The van der Waals surface area contributed by atoms with Crippen LogP contribution in [0.15, 0.2) is 0 Å². The number of primary amides is 1. The number of nitrogens with zero attached hydrogens (tertiary/aromatic N) is 1. The van der Waals surface area contributed by atoms with E-state index in [-0.39, 0.29) is 11.9 Å². The summed E-state index contributed by atoms with van der Waals surface area (Å²) >= 11 is 0. The van der Waals surface area contributed by atoms with Crippen LogP contribution in [0.25, 0.3) is 0 Å². The van der Waals surface area contributed by atoms with Crippen molar-refractivity contribution in [2.75, 3.05) is 6.54 Å². The van der Waals surface area contributed by atoms with Gasteiger partial charge in [0.2, 0.25) is 5.91 Å². The van der Waals surface area contributed by atoms with Crippen LogP contribution in [0, 0.1) is 0 Å². The fourth-order valence-corrected chi connectivity index (χ4v) is 3.11. The second-order valence-corrected chi connectivity index (χ2v) is 7.09. The molecule has 0 aromatic rings. The van der Waals surface area contributed by atoms with Crippen molar-refractivity contribution in [3.63, 3.8) is 0 Å². The topological polar surface area (TPSA) is 58.4 Å². The van der Waals surface area contributed by atoms with Crippen molar-refractivity contribution in [1.82, 2.24) is 10.2 Å². The number of carbonyl (C=O) groups is 1. The molecule has 0 aliphatic rings. The molecular weight excluding hydrogens is 262 g/mol. The second kappa shape index (κ2) is 9.42. The summed E-state index contributed by atoms with van der Waals surface area (Å²) in [5, 5.41) is 3.35. The molecule has 0 fully saturated rings. The Labute approximate surface area is 131 Å². The van der Waals surface area contributed by atoms with Gasteiger partial charge in [-0.05, 0) is 60.9 Å². The van der Waals surface area contributed by atoms with Gasteiger partial charge in [-0.3, -0.25) is 9.69 Å². The Morgan fingerprint density at radius 2 is 1.76 bits per heavy atom. The van der Waals surface area contributed by atoms with Gasteiger partial charge in [-0.2, -0.15) is 0 Å². The summed E-state index contributed by atoms with van der Waals surface area (Å²) in [7, 11) is 0. The van der Waals surface area contributed by atoms with E-state index in [0.717, 1.165) is 13.0 Å². The second-order valence-electron chi connectivity index (χ2n) is 7.09. The summed E-state index contributed by atoms with van der Waals surface area (Å²) in [6.07, 6.45) is 4.44. The minimum atomic E-state index is -0.647. The first kappa shape index (κ1) is 20.4. The van der Waals surface area contributed by atoms with Gasteiger partial charge >= 0.3 is 0 Å². The predicted molar refractivity (Wildman–Crippen MR) is 91.3 cm³/mol. The molecule has 0 heterocycles. The van der Waals surface area contributed by atoms with Crippen LogP contribution in [-0.2, 0) is 4.79 Å². The molecule has 2 atom stereocenters. The lowest BCUT2D eigenvalue weighted by Crippen LogP contribution is -2.58. The van der Waals surface area contributed by atoms with Gasteiger partial charge in [0.15, 0.2) is 0 Å². The van der Waals surface area contributed by atoms with Crippen molar-refractivity contribution in [2.45, 2.75) is 97.8 Å². The van der Waals surface area contributed by atoms with Crippen LogP contribution in [0.5, 0.6) is 0 Å². The van der Waals surface area contributed by atoms with Gasteiger partial charge in [0.1, 0.15) is 0 Å². The van der Waals surface area contributed by atoms with E-state index in [1.807, 2.05) is 20.8 Å². The maximum absolute atomic E-state index is 11.9. The van der Waals surface area contributed by atoms with Gasteiger partial charge in [0.25, 0.3) is 0 Å². The zero-order chi connectivity index (χ0) is 16.6. The molecule has 126 valence electrons. The number of hydrogen-bond acceptors (Lipinski definition) is 3. The third-order valence-electron chi connectivity index (χ3n) is 4.10. The molecule has 0 bridgehead atoms. The number of hydrogen-bond donors (Lipinski definition) is 2. The number of carbonyl (C=O) groups excluding carboxylic acids is 1. The highest BCUT2D eigenvalue weighted by molar-refractivity contribution is 5.84. The van der Waals surface area contributed by atoms with Crippen LogP contribution >= 0.6 is 0 Å².